The summed E-state index contributed by atoms with van der Waals surface area (Å²) in [6.07, 6.45) is 1.06. The molecule has 2 rings (SSSR count). The van der Waals surface area contributed by atoms with E-state index in [4.69, 9.17) is 0 Å². The van der Waals surface area contributed by atoms with Crippen LogP contribution in [0.1, 0.15) is 19.4 Å². The van der Waals surface area contributed by atoms with E-state index in [9.17, 15) is 4.79 Å². The summed E-state index contributed by atoms with van der Waals surface area (Å²) >= 11 is 2.04. The van der Waals surface area contributed by atoms with Gasteiger partial charge in [0.2, 0.25) is 0 Å². The van der Waals surface area contributed by atoms with E-state index >= 15 is 0 Å². The molecule has 134 valence electrons. The summed E-state index contributed by atoms with van der Waals surface area (Å²) in [5.41, 5.74) is 2.03. The van der Waals surface area contributed by atoms with Crippen molar-refractivity contribution in [1.82, 2.24) is 15.5 Å². The normalized spacial score (nSPS) is 16.0. The van der Waals surface area contributed by atoms with E-state index in [1.54, 1.807) is 0 Å². The van der Waals surface area contributed by atoms with Crippen molar-refractivity contribution >= 4 is 23.5 Å². The summed E-state index contributed by atoms with van der Waals surface area (Å²) in [5.74, 6) is 2.50. The number of urea groups is 1. The largest absolute Gasteiger partial charge is 0.336 e. The smallest absolute Gasteiger partial charge is 0.319 e. The van der Waals surface area contributed by atoms with Gasteiger partial charge in [-0.2, -0.15) is 11.8 Å². The zero-order valence-corrected chi connectivity index (χ0v) is 15.8. The van der Waals surface area contributed by atoms with Crippen molar-refractivity contribution < 1.29 is 4.79 Å². The van der Waals surface area contributed by atoms with E-state index in [1.165, 1.54) is 30.2 Å². The van der Waals surface area contributed by atoms with Gasteiger partial charge in [0.25, 0.3) is 0 Å². The number of carbonyl (C=O) groups excluding carboxylic acids is 1. The summed E-state index contributed by atoms with van der Waals surface area (Å²) in [5, 5.41) is 8.93. The van der Waals surface area contributed by atoms with E-state index in [0.29, 0.717) is 6.54 Å². The molecule has 0 aromatic heterocycles. The first-order valence-corrected chi connectivity index (χ1v) is 9.77. The van der Waals surface area contributed by atoms with E-state index in [-0.39, 0.29) is 11.6 Å². The van der Waals surface area contributed by atoms with Crippen LogP contribution in [0.25, 0.3) is 0 Å². The monoisotopic (exact) mass is 350 g/mol. The zero-order chi connectivity index (χ0) is 17.4. The van der Waals surface area contributed by atoms with Crippen LogP contribution in [0.5, 0.6) is 0 Å². The molecule has 0 bridgehead atoms. The predicted octanol–water partition coefficient (Wildman–Crippen LogP) is 2.40. The average molecular weight is 351 g/mol. The molecule has 1 aromatic carbocycles. The van der Waals surface area contributed by atoms with Crippen LogP contribution in [-0.2, 0) is 6.42 Å². The summed E-state index contributed by atoms with van der Waals surface area (Å²) in [6, 6.07) is 7.99. The first-order chi connectivity index (χ1) is 11.5. The Labute approximate surface area is 149 Å². The van der Waals surface area contributed by atoms with Crippen LogP contribution in [-0.4, -0.2) is 61.2 Å². The van der Waals surface area contributed by atoms with Gasteiger partial charge in [-0.3, -0.25) is 0 Å². The molecule has 2 amide bonds. The Morgan fingerprint density at radius 2 is 1.88 bits per heavy atom. The molecule has 0 spiro atoms. The average Bonchev–Trinajstić information content (AvgIpc) is 2.60. The second kappa shape index (κ2) is 9.30. The molecule has 0 unspecified atom stereocenters. The maximum absolute atomic E-state index is 11.9. The highest BCUT2D eigenvalue weighted by Gasteiger charge is 2.15. The third kappa shape index (κ3) is 6.71. The Morgan fingerprint density at radius 1 is 1.21 bits per heavy atom. The lowest BCUT2D eigenvalue weighted by molar-refractivity contribution is 0.248. The molecule has 5 nitrogen and oxygen atoms in total. The van der Waals surface area contributed by atoms with Crippen LogP contribution in [0, 0.1) is 0 Å². The van der Waals surface area contributed by atoms with Crippen molar-refractivity contribution in [3.63, 3.8) is 0 Å². The van der Waals surface area contributed by atoms with Gasteiger partial charge in [0.1, 0.15) is 0 Å². The van der Waals surface area contributed by atoms with E-state index < -0.39 is 0 Å². The zero-order valence-electron chi connectivity index (χ0n) is 15.0. The second-order valence-electron chi connectivity index (χ2n) is 6.84. The lowest BCUT2D eigenvalue weighted by Gasteiger charge is -2.26. The van der Waals surface area contributed by atoms with Crippen molar-refractivity contribution in [2.75, 3.05) is 50.0 Å². The molecule has 24 heavy (non-hydrogen) atoms. The molecule has 6 heteroatoms. The van der Waals surface area contributed by atoms with Gasteiger partial charge in [-0.1, -0.05) is 12.1 Å². The molecule has 0 atom stereocenters. The Morgan fingerprint density at radius 3 is 2.50 bits per heavy atom. The van der Waals surface area contributed by atoms with Crippen molar-refractivity contribution in [2.24, 2.45) is 0 Å². The lowest BCUT2D eigenvalue weighted by Crippen LogP contribution is -2.48. The minimum Gasteiger partial charge on any atom is -0.336 e. The molecule has 1 aliphatic heterocycles. The topological polar surface area (TPSA) is 56.4 Å². The maximum Gasteiger partial charge on any atom is 0.319 e. The third-order valence-electron chi connectivity index (χ3n) is 4.40. The number of amides is 2. The van der Waals surface area contributed by atoms with Crippen molar-refractivity contribution in [1.29, 1.82) is 0 Å². The molecule has 0 aliphatic carbocycles. The van der Waals surface area contributed by atoms with E-state index in [2.05, 4.69) is 33.0 Å². The highest BCUT2D eigenvalue weighted by molar-refractivity contribution is 7.99. The number of likely N-dealkylation sites (N-methyl/N-ethyl adjacent to an activating group) is 1. The van der Waals surface area contributed by atoms with Gasteiger partial charge in [0.05, 0.1) is 0 Å². The Balaban J connectivity index is 1.73. The molecule has 0 radical (unpaired) electrons. The minimum absolute atomic E-state index is 0.117. The Hall–Kier alpha value is -1.24. The van der Waals surface area contributed by atoms with Crippen LogP contribution in [0.2, 0.25) is 0 Å². The number of thioether (sulfide) groups is 1. The van der Waals surface area contributed by atoms with Crippen LogP contribution in [0.4, 0.5) is 10.5 Å². The molecule has 1 heterocycles. The number of benzene rings is 1. The molecule has 1 fully saturated rings. The fourth-order valence-corrected chi connectivity index (χ4v) is 3.41. The summed E-state index contributed by atoms with van der Waals surface area (Å²) in [7, 11) is 1.89. The molecule has 1 aliphatic rings. The molecular weight excluding hydrogens is 320 g/mol. The molecule has 1 saturated heterocycles. The highest BCUT2D eigenvalue weighted by Crippen LogP contribution is 2.13. The molecule has 3 N–H and O–H groups in total. The van der Waals surface area contributed by atoms with Crippen LogP contribution in [0.3, 0.4) is 0 Å². The van der Waals surface area contributed by atoms with Gasteiger partial charge < -0.3 is 20.9 Å². The highest BCUT2D eigenvalue weighted by atomic mass is 32.2. The van der Waals surface area contributed by atoms with Gasteiger partial charge in [-0.05, 0) is 45.0 Å². The standard InChI is InChI=1S/C18H30N4OS/c1-18(2,19-3)14-20-17(23)21-16-6-4-15(5-7-16)8-9-22-10-12-24-13-11-22/h4-7,19H,8-14H2,1-3H3,(H2,20,21,23). The summed E-state index contributed by atoms with van der Waals surface area (Å²) in [4.78, 5) is 14.5. The van der Waals surface area contributed by atoms with Gasteiger partial charge in [0.15, 0.2) is 0 Å². The lowest BCUT2D eigenvalue weighted by atomic mass is 10.1. The number of nitrogens with zero attached hydrogens (tertiary/aromatic N) is 1. The fourth-order valence-electron chi connectivity index (χ4n) is 2.43. The first-order valence-electron chi connectivity index (χ1n) is 8.61. The van der Waals surface area contributed by atoms with Crippen molar-refractivity contribution in [3.8, 4) is 0 Å². The summed E-state index contributed by atoms with van der Waals surface area (Å²) < 4.78 is 0. The molecule has 0 saturated carbocycles. The second-order valence-corrected chi connectivity index (χ2v) is 8.07. The number of carbonyl (C=O) groups is 1. The maximum atomic E-state index is 11.9. The van der Waals surface area contributed by atoms with Crippen LogP contribution >= 0.6 is 11.8 Å². The first kappa shape index (κ1) is 19.1. The molecule has 1 aromatic rings. The number of hydrogen-bond acceptors (Lipinski definition) is 4. The van der Waals surface area contributed by atoms with E-state index in [1.807, 2.05) is 44.8 Å². The van der Waals surface area contributed by atoms with Gasteiger partial charge in [-0.25, -0.2) is 4.79 Å². The minimum atomic E-state index is -0.170. The SMILES string of the molecule is CNC(C)(C)CNC(=O)Nc1ccc(CCN2CCSCC2)cc1. The third-order valence-corrected chi connectivity index (χ3v) is 5.34. The predicted molar refractivity (Wildman–Crippen MR) is 104 cm³/mol. The van der Waals surface area contributed by atoms with E-state index in [0.717, 1.165) is 18.7 Å². The Kier molecular flexibility index (Phi) is 7.40. The number of anilines is 1. The quantitative estimate of drug-likeness (QED) is 0.707. The Bertz CT molecular complexity index is 512. The van der Waals surface area contributed by atoms with Gasteiger partial charge >= 0.3 is 6.03 Å². The van der Waals surface area contributed by atoms with Crippen molar-refractivity contribution in [3.05, 3.63) is 29.8 Å². The van der Waals surface area contributed by atoms with Gasteiger partial charge in [-0.15, -0.1) is 0 Å². The van der Waals surface area contributed by atoms with Crippen LogP contribution in [0.15, 0.2) is 24.3 Å². The summed E-state index contributed by atoms with van der Waals surface area (Å²) in [6.45, 7) is 8.18. The van der Waals surface area contributed by atoms with Crippen LogP contribution < -0.4 is 16.0 Å². The van der Waals surface area contributed by atoms with Gasteiger partial charge in [0, 0.05) is 48.9 Å². The molecular formula is C18H30N4OS. The number of nitrogens with one attached hydrogen (secondary N) is 3. The number of rotatable bonds is 7. The number of hydrogen-bond donors (Lipinski definition) is 3. The van der Waals surface area contributed by atoms with Crippen molar-refractivity contribution in [2.45, 2.75) is 25.8 Å². The fraction of sp³-hybridized carbons (Fsp3) is 0.611.